The first-order valence-corrected chi connectivity index (χ1v) is 8.22. The van der Waals surface area contributed by atoms with Gasteiger partial charge in [0.1, 0.15) is 0 Å². The van der Waals surface area contributed by atoms with Crippen LogP contribution in [0.4, 0.5) is 0 Å². The molecular weight excluding hydrogens is 329 g/mol. The van der Waals surface area contributed by atoms with E-state index in [4.69, 9.17) is 23.2 Å². The van der Waals surface area contributed by atoms with E-state index in [0.29, 0.717) is 32.6 Å². The molecule has 0 atom stereocenters. The van der Waals surface area contributed by atoms with Crippen molar-refractivity contribution in [3.05, 3.63) is 38.7 Å². The summed E-state index contributed by atoms with van der Waals surface area (Å²) >= 11 is 13.5. The van der Waals surface area contributed by atoms with Crippen LogP contribution >= 0.6 is 35.0 Å². The monoisotopic (exact) mass is 343 g/mol. The van der Waals surface area contributed by atoms with E-state index in [2.05, 4.69) is 0 Å². The molecule has 0 unspecified atom stereocenters. The van der Waals surface area contributed by atoms with Crippen molar-refractivity contribution in [2.75, 3.05) is 6.54 Å². The van der Waals surface area contributed by atoms with E-state index in [1.807, 2.05) is 13.8 Å². The van der Waals surface area contributed by atoms with Crippen molar-refractivity contribution in [3.8, 4) is 0 Å². The van der Waals surface area contributed by atoms with Crippen LogP contribution < -0.4 is 0 Å². The number of hydrogen-bond donors (Lipinski definition) is 0. The standard InChI is InChI=1S/C15H15Cl2NO2S/c1-4-18-14(19)12(13(15(18)20)21-8(2)3)10-6-5-9(16)7-11(10)17/h5-8H,4H2,1-3H3. The second-order valence-electron chi connectivity index (χ2n) is 4.85. The van der Waals surface area contributed by atoms with Gasteiger partial charge in [-0.1, -0.05) is 43.1 Å². The Kier molecular flexibility index (Phi) is 5.02. The van der Waals surface area contributed by atoms with Crippen LogP contribution in [0.5, 0.6) is 0 Å². The van der Waals surface area contributed by atoms with Gasteiger partial charge in [0.2, 0.25) is 0 Å². The molecule has 1 aliphatic heterocycles. The average Bonchev–Trinajstić information content (AvgIpc) is 2.61. The van der Waals surface area contributed by atoms with Crippen LogP contribution in [0.3, 0.4) is 0 Å². The van der Waals surface area contributed by atoms with Gasteiger partial charge in [0.25, 0.3) is 11.8 Å². The maximum absolute atomic E-state index is 12.5. The number of rotatable bonds is 4. The molecule has 2 rings (SSSR count). The van der Waals surface area contributed by atoms with E-state index < -0.39 is 0 Å². The predicted molar refractivity (Wildman–Crippen MR) is 88.5 cm³/mol. The maximum Gasteiger partial charge on any atom is 0.267 e. The van der Waals surface area contributed by atoms with E-state index >= 15 is 0 Å². The zero-order valence-corrected chi connectivity index (χ0v) is 14.3. The lowest BCUT2D eigenvalue weighted by atomic mass is 10.1. The Morgan fingerprint density at radius 3 is 2.38 bits per heavy atom. The lowest BCUT2D eigenvalue weighted by Gasteiger charge is -2.12. The Morgan fingerprint density at radius 2 is 1.86 bits per heavy atom. The fourth-order valence-corrected chi connectivity index (χ4v) is 3.62. The van der Waals surface area contributed by atoms with Crippen molar-refractivity contribution in [3.63, 3.8) is 0 Å². The van der Waals surface area contributed by atoms with Gasteiger partial charge in [-0.3, -0.25) is 14.5 Å². The van der Waals surface area contributed by atoms with Gasteiger partial charge in [0, 0.05) is 22.4 Å². The summed E-state index contributed by atoms with van der Waals surface area (Å²) < 4.78 is 0. The lowest BCUT2D eigenvalue weighted by molar-refractivity contribution is -0.136. The first kappa shape index (κ1) is 16.4. The highest BCUT2D eigenvalue weighted by Gasteiger charge is 2.39. The van der Waals surface area contributed by atoms with Gasteiger partial charge in [-0.05, 0) is 19.1 Å². The first-order chi connectivity index (χ1) is 9.86. The molecule has 1 aromatic carbocycles. The number of likely N-dealkylation sites (N-methyl/N-ethyl adjacent to an activating group) is 1. The molecule has 0 fully saturated rings. The summed E-state index contributed by atoms with van der Waals surface area (Å²) in [5, 5.41) is 1.06. The van der Waals surface area contributed by atoms with Crippen LogP contribution in [0.1, 0.15) is 26.3 Å². The predicted octanol–water partition coefficient (Wildman–Crippen LogP) is 4.23. The largest absolute Gasteiger partial charge is 0.274 e. The molecule has 0 aromatic heterocycles. The molecule has 0 saturated carbocycles. The van der Waals surface area contributed by atoms with Crippen LogP contribution in [-0.4, -0.2) is 28.5 Å². The fourth-order valence-electron chi connectivity index (χ4n) is 2.12. The number of imide groups is 1. The molecule has 0 aliphatic carbocycles. The summed E-state index contributed by atoms with van der Waals surface area (Å²) in [6.45, 7) is 6.07. The third-order valence-electron chi connectivity index (χ3n) is 3.00. The van der Waals surface area contributed by atoms with E-state index in [-0.39, 0.29) is 17.1 Å². The van der Waals surface area contributed by atoms with Crippen molar-refractivity contribution >= 4 is 52.4 Å². The molecular formula is C15H15Cl2NO2S. The fraction of sp³-hybridized carbons (Fsp3) is 0.333. The van der Waals surface area contributed by atoms with Crippen molar-refractivity contribution in [1.82, 2.24) is 4.90 Å². The van der Waals surface area contributed by atoms with E-state index in [0.717, 1.165) is 0 Å². The summed E-state index contributed by atoms with van der Waals surface area (Å²) in [5.74, 6) is -0.544. The third kappa shape index (κ3) is 3.12. The third-order valence-corrected chi connectivity index (χ3v) is 4.63. The number of carbonyl (C=O) groups excluding carboxylic acids is 2. The van der Waals surface area contributed by atoms with Crippen molar-refractivity contribution in [1.29, 1.82) is 0 Å². The summed E-state index contributed by atoms with van der Waals surface area (Å²) in [7, 11) is 0. The molecule has 0 bridgehead atoms. The first-order valence-electron chi connectivity index (χ1n) is 6.59. The molecule has 3 nitrogen and oxygen atoms in total. The van der Waals surface area contributed by atoms with Gasteiger partial charge in [-0.25, -0.2) is 0 Å². The molecule has 21 heavy (non-hydrogen) atoms. The van der Waals surface area contributed by atoms with Crippen molar-refractivity contribution in [2.24, 2.45) is 0 Å². The second-order valence-corrected chi connectivity index (χ2v) is 7.28. The summed E-state index contributed by atoms with van der Waals surface area (Å²) in [6.07, 6.45) is 0. The molecule has 1 aromatic rings. The second kappa shape index (κ2) is 6.42. The van der Waals surface area contributed by atoms with Crippen LogP contribution in [-0.2, 0) is 9.59 Å². The molecule has 0 radical (unpaired) electrons. The minimum Gasteiger partial charge on any atom is -0.274 e. The number of nitrogens with zero attached hydrogens (tertiary/aromatic N) is 1. The molecule has 6 heteroatoms. The van der Waals surface area contributed by atoms with Crippen LogP contribution in [0.15, 0.2) is 23.1 Å². The molecule has 1 heterocycles. The van der Waals surface area contributed by atoms with Crippen LogP contribution in [0, 0.1) is 0 Å². The van der Waals surface area contributed by atoms with E-state index in [1.165, 1.54) is 16.7 Å². The normalized spacial score (nSPS) is 15.6. The number of carbonyl (C=O) groups is 2. The van der Waals surface area contributed by atoms with Crippen molar-refractivity contribution in [2.45, 2.75) is 26.0 Å². The highest BCUT2D eigenvalue weighted by molar-refractivity contribution is 8.04. The topological polar surface area (TPSA) is 37.4 Å². The minimum atomic E-state index is -0.296. The highest BCUT2D eigenvalue weighted by atomic mass is 35.5. The number of hydrogen-bond acceptors (Lipinski definition) is 3. The molecule has 0 saturated heterocycles. The summed E-state index contributed by atoms with van der Waals surface area (Å²) in [6, 6.07) is 4.93. The van der Waals surface area contributed by atoms with E-state index in [9.17, 15) is 9.59 Å². The summed E-state index contributed by atoms with van der Waals surface area (Å²) in [4.78, 5) is 26.6. The van der Waals surface area contributed by atoms with E-state index in [1.54, 1.807) is 25.1 Å². The van der Waals surface area contributed by atoms with Crippen LogP contribution in [0.2, 0.25) is 10.0 Å². The molecule has 0 spiro atoms. The lowest BCUT2D eigenvalue weighted by Crippen LogP contribution is -2.31. The maximum atomic E-state index is 12.5. The van der Waals surface area contributed by atoms with Gasteiger partial charge in [-0.2, -0.15) is 0 Å². The Bertz CT molecular complexity index is 641. The molecule has 2 amide bonds. The zero-order valence-electron chi connectivity index (χ0n) is 11.9. The van der Waals surface area contributed by atoms with Gasteiger partial charge < -0.3 is 0 Å². The van der Waals surface area contributed by atoms with Gasteiger partial charge in [-0.15, -0.1) is 11.8 Å². The Morgan fingerprint density at radius 1 is 1.19 bits per heavy atom. The summed E-state index contributed by atoms with van der Waals surface area (Å²) in [5.41, 5.74) is 0.931. The number of halogens is 2. The molecule has 112 valence electrons. The van der Waals surface area contributed by atoms with Gasteiger partial charge >= 0.3 is 0 Å². The van der Waals surface area contributed by atoms with Crippen molar-refractivity contribution < 1.29 is 9.59 Å². The SMILES string of the molecule is CCN1C(=O)C(SC(C)C)=C(c2ccc(Cl)cc2Cl)C1=O. The molecule has 1 aliphatic rings. The molecule has 0 N–H and O–H groups in total. The minimum absolute atomic E-state index is 0.189. The number of benzene rings is 1. The van der Waals surface area contributed by atoms with Gasteiger partial charge in [0.05, 0.1) is 15.5 Å². The Labute approximate surface area is 138 Å². The Hall–Kier alpha value is -0.970. The zero-order chi connectivity index (χ0) is 15.7. The smallest absolute Gasteiger partial charge is 0.267 e. The number of amides is 2. The highest BCUT2D eigenvalue weighted by Crippen LogP contribution is 2.40. The Balaban J connectivity index is 2.61. The van der Waals surface area contributed by atoms with Gasteiger partial charge in [0.15, 0.2) is 0 Å². The van der Waals surface area contributed by atoms with Crippen LogP contribution in [0.25, 0.3) is 5.57 Å². The number of thioether (sulfide) groups is 1. The average molecular weight is 344 g/mol. The quantitative estimate of drug-likeness (QED) is 0.767.